The summed E-state index contributed by atoms with van der Waals surface area (Å²) in [5.74, 6) is 0. The average molecular weight is 236 g/mol. The molecule has 0 aliphatic carbocycles. The first-order chi connectivity index (χ1) is 8.85. The lowest BCUT2D eigenvalue weighted by molar-refractivity contribution is 0.886. The van der Waals surface area contributed by atoms with Crippen LogP contribution in [0, 0.1) is 0 Å². The summed E-state index contributed by atoms with van der Waals surface area (Å²) >= 11 is 0. The Morgan fingerprint density at radius 3 is 1.06 bits per heavy atom. The lowest BCUT2D eigenvalue weighted by Crippen LogP contribution is -1.74. The SMILES string of the molecule is CCCC.c1ccc2cc3ccccc3cc2c1. The van der Waals surface area contributed by atoms with E-state index in [1.165, 1.54) is 34.4 Å². The first kappa shape index (κ1) is 12.6. The van der Waals surface area contributed by atoms with Crippen LogP contribution in [0.25, 0.3) is 21.5 Å². The van der Waals surface area contributed by atoms with Crippen LogP contribution in [0.15, 0.2) is 60.7 Å². The van der Waals surface area contributed by atoms with Gasteiger partial charge in [-0.1, -0.05) is 75.2 Å². The Balaban J connectivity index is 0.000000267. The molecule has 3 aromatic carbocycles. The maximum Gasteiger partial charge on any atom is -0.0178 e. The van der Waals surface area contributed by atoms with Crippen LogP contribution in [-0.4, -0.2) is 0 Å². The van der Waals surface area contributed by atoms with E-state index in [0.717, 1.165) is 0 Å². The van der Waals surface area contributed by atoms with Crippen molar-refractivity contribution in [2.24, 2.45) is 0 Å². The van der Waals surface area contributed by atoms with Crippen LogP contribution < -0.4 is 0 Å². The topological polar surface area (TPSA) is 0 Å². The fourth-order valence-electron chi connectivity index (χ4n) is 1.88. The van der Waals surface area contributed by atoms with E-state index in [-0.39, 0.29) is 0 Å². The van der Waals surface area contributed by atoms with Crippen molar-refractivity contribution in [1.82, 2.24) is 0 Å². The van der Waals surface area contributed by atoms with Crippen LogP contribution in [0.4, 0.5) is 0 Å². The fourth-order valence-corrected chi connectivity index (χ4v) is 1.88. The number of hydrogen-bond donors (Lipinski definition) is 0. The van der Waals surface area contributed by atoms with E-state index in [0.29, 0.717) is 0 Å². The highest BCUT2D eigenvalue weighted by Crippen LogP contribution is 2.21. The van der Waals surface area contributed by atoms with Gasteiger partial charge in [0.25, 0.3) is 0 Å². The molecule has 0 aliphatic heterocycles. The zero-order chi connectivity index (χ0) is 12.8. The quantitative estimate of drug-likeness (QED) is 0.468. The zero-order valence-electron chi connectivity index (χ0n) is 11.2. The fraction of sp³-hybridized carbons (Fsp3) is 0.222. The summed E-state index contributed by atoms with van der Waals surface area (Å²) in [6.45, 7) is 4.36. The number of unbranched alkanes of at least 4 members (excludes halogenated alkanes) is 1. The van der Waals surface area contributed by atoms with Gasteiger partial charge in [0.2, 0.25) is 0 Å². The van der Waals surface area contributed by atoms with Crippen molar-refractivity contribution in [2.45, 2.75) is 26.7 Å². The number of rotatable bonds is 1. The van der Waals surface area contributed by atoms with Gasteiger partial charge in [0.15, 0.2) is 0 Å². The second-order valence-electron chi connectivity index (χ2n) is 4.55. The number of fused-ring (bicyclic) bond motifs is 2. The molecule has 0 saturated heterocycles. The molecule has 0 amide bonds. The molecular formula is C18H20. The molecule has 92 valence electrons. The number of hydrogen-bond acceptors (Lipinski definition) is 0. The van der Waals surface area contributed by atoms with Gasteiger partial charge in [0, 0.05) is 0 Å². The summed E-state index contributed by atoms with van der Waals surface area (Å²) in [4.78, 5) is 0. The normalized spacial score (nSPS) is 10.1. The van der Waals surface area contributed by atoms with Crippen LogP contribution in [0.1, 0.15) is 26.7 Å². The van der Waals surface area contributed by atoms with Crippen molar-refractivity contribution < 1.29 is 0 Å². The molecule has 0 saturated carbocycles. The monoisotopic (exact) mass is 236 g/mol. The van der Waals surface area contributed by atoms with Gasteiger partial charge in [-0.15, -0.1) is 0 Å². The lowest BCUT2D eigenvalue weighted by Gasteiger charge is -2.00. The van der Waals surface area contributed by atoms with Gasteiger partial charge in [-0.2, -0.15) is 0 Å². The largest absolute Gasteiger partial charge is 0.0654 e. The summed E-state index contributed by atoms with van der Waals surface area (Å²) in [5, 5.41) is 5.25. The van der Waals surface area contributed by atoms with Gasteiger partial charge in [-0.25, -0.2) is 0 Å². The number of benzene rings is 3. The van der Waals surface area contributed by atoms with Crippen molar-refractivity contribution in [3.05, 3.63) is 60.7 Å². The third kappa shape index (κ3) is 2.89. The predicted molar refractivity (Wildman–Crippen MR) is 82.0 cm³/mol. The molecule has 0 heterocycles. The second-order valence-corrected chi connectivity index (χ2v) is 4.55. The highest BCUT2D eigenvalue weighted by Gasteiger charge is 1.95. The smallest absolute Gasteiger partial charge is 0.0178 e. The van der Waals surface area contributed by atoms with Crippen LogP contribution >= 0.6 is 0 Å². The summed E-state index contributed by atoms with van der Waals surface area (Å²) in [6.07, 6.45) is 2.64. The van der Waals surface area contributed by atoms with E-state index in [1.54, 1.807) is 0 Å². The Hall–Kier alpha value is -1.82. The minimum Gasteiger partial charge on any atom is -0.0654 e. The van der Waals surface area contributed by atoms with Crippen LogP contribution in [0.5, 0.6) is 0 Å². The maximum absolute atomic E-state index is 2.24. The van der Waals surface area contributed by atoms with E-state index in [4.69, 9.17) is 0 Å². The third-order valence-electron chi connectivity index (χ3n) is 3.11. The molecule has 3 rings (SSSR count). The van der Waals surface area contributed by atoms with Gasteiger partial charge in [0.1, 0.15) is 0 Å². The van der Waals surface area contributed by atoms with Crippen molar-refractivity contribution in [3.63, 3.8) is 0 Å². The van der Waals surface area contributed by atoms with Gasteiger partial charge in [-0.05, 0) is 33.7 Å². The molecule has 3 aromatic rings. The predicted octanol–water partition coefficient (Wildman–Crippen LogP) is 5.80. The summed E-state index contributed by atoms with van der Waals surface area (Å²) < 4.78 is 0. The Bertz CT molecular complexity index is 516. The molecule has 0 bridgehead atoms. The molecule has 0 aromatic heterocycles. The maximum atomic E-state index is 2.24. The van der Waals surface area contributed by atoms with Gasteiger partial charge in [-0.3, -0.25) is 0 Å². The first-order valence-corrected chi connectivity index (χ1v) is 6.72. The minimum absolute atomic E-state index is 1.31. The van der Waals surface area contributed by atoms with Gasteiger partial charge < -0.3 is 0 Å². The molecule has 0 fully saturated rings. The molecule has 0 nitrogen and oxygen atoms in total. The Morgan fingerprint density at radius 1 is 0.556 bits per heavy atom. The lowest BCUT2D eigenvalue weighted by atomic mass is 10.0. The standard InChI is InChI=1S/C14H10.C4H10/c1-2-6-12-10-14-8-4-3-7-13(14)9-11(12)5-1;1-3-4-2/h1-10H;3-4H2,1-2H3. The van der Waals surface area contributed by atoms with Gasteiger partial charge in [0.05, 0.1) is 0 Å². The molecule has 0 radical (unpaired) electrons. The molecule has 18 heavy (non-hydrogen) atoms. The molecule has 0 spiro atoms. The molecule has 0 heteroatoms. The Kier molecular flexibility index (Phi) is 4.35. The van der Waals surface area contributed by atoms with Crippen molar-refractivity contribution in [3.8, 4) is 0 Å². The van der Waals surface area contributed by atoms with Crippen molar-refractivity contribution in [1.29, 1.82) is 0 Å². The molecule has 0 unspecified atom stereocenters. The van der Waals surface area contributed by atoms with E-state index in [9.17, 15) is 0 Å². The highest BCUT2D eigenvalue weighted by molar-refractivity contribution is 5.98. The molecular weight excluding hydrogens is 216 g/mol. The minimum atomic E-state index is 1.31. The van der Waals surface area contributed by atoms with E-state index >= 15 is 0 Å². The zero-order valence-corrected chi connectivity index (χ0v) is 11.2. The molecule has 0 aliphatic rings. The van der Waals surface area contributed by atoms with E-state index in [2.05, 4.69) is 74.5 Å². The van der Waals surface area contributed by atoms with Crippen LogP contribution in [-0.2, 0) is 0 Å². The molecule has 0 N–H and O–H groups in total. The summed E-state index contributed by atoms with van der Waals surface area (Å²) in [5.41, 5.74) is 0. The van der Waals surface area contributed by atoms with E-state index in [1.807, 2.05) is 0 Å². The van der Waals surface area contributed by atoms with E-state index < -0.39 is 0 Å². The summed E-state index contributed by atoms with van der Waals surface area (Å²) in [6, 6.07) is 21.4. The highest BCUT2D eigenvalue weighted by atomic mass is 14.0. The van der Waals surface area contributed by atoms with Crippen molar-refractivity contribution >= 4 is 21.5 Å². The average Bonchev–Trinajstić information content (AvgIpc) is 2.45. The third-order valence-corrected chi connectivity index (χ3v) is 3.11. The van der Waals surface area contributed by atoms with Crippen LogP contribution in [0.3, 0.4) is 0 Å². The van der Waals surface area contributed by atoms with Gasteiger partial charge >= 0.3 is 0 Å². The van der Waals surface area contributed by atoms with Crippen molar-refractivity contribution in [2.75, 3.05) is 0 Å². The summed E-state index contributed by atoms with van der Waals surface area (Å²) in [7, 11) is 0. The Morgan fingerprint density at radius 2 is 0.833 bits per heavy atom. The Labute approximate surface area is 109 Å². The van der Waals surface area contributed by atoms with Crippen LogP contribution in [0.2, 0.25) is 0 Å². The molecule has 0 atom stereocenters. The second kappa shape index (κ2) is 6.20. The first-order valence-electron chi connectivity index (χ1n) is 6.72.